The van der Waals surface area contributed by atoms with E-state index >= 15 is 0 Å². The number of benzene rings is 2. The number of fused-ring (bicyclic) bond motifs is 1. The van der Waals surface area contributed by atoms with Crippen molar-refractivity contribution in [2.45, 2.75) is 25.6 Å². The van der Waals surface area contributed by atoms with Crippen molar-refractivity contribution in [3.05, 3.63) is 65.9 Å². The third-order valence-corrected chi connectivity index (χ3v) is 5.42. The zero-order chi connectivity index (χ0) is 21.3. The van der Waals surface area contributed by atoms with E-state index in [0.29, 0.717) is 16.9 Å². The minimum Gasteiger partial charge on any atom is -0.310 e. The van der Waals surface area contributed by atoms with E-state index in [-0.39, 0.29) is 16.8 Å². The van der Waals surface area contributed by atoms with Crippen molar-refractivity contribution in [2.24, 2.45) is 0 Å². The molecule has 2 heterocycles. The van der Waals surface area contributed by atoms with Gasteiger partial charge >= 0.3 is 6.55 Å². The molecule has 0 aliphatic carbocycles. The second-order valence-corrected chi connectivity index (χ2v) is 7.73. The predicted molar refractivity (Wildman–Crippen MR) is 113 cm³/mol. The topological polar surface area (TPSA) is 64.7 Å². The first kappa shape index (κ1) is 20.1. The normalized spacial score (nSPS) is 11.4. The fourth-order valence-electron chi connectivity index (χ4n) is 3.09. The maximum absolute atomic E-state index is 13.5. The zero-order valence-corrected chi connectivity index (χ0v) is 17.2. The largest absolute Gasteiger partial charge is 0.321 e. The average Bonchev–Trinajstić information content (AvgIpc) is 3.27. The number of thioether (sulfide) groups is 1. The van der Waals surface area contributed by atoms with Crippen LogP contribution in [-0.2, 0) is 4.79 Å². The Kier molecular flexibility index (Phi) is 5.54. The first-order valence-electron chi connectivity index (χ1n) is 9.24. The molecule has 0 fully saturated rings. The molecule has 154 valence electrons. The number of imidazole rings is 1. The molecular formula is C21H19F2N5OS. The number of rotatable bonds is 6. The van der Waals surface area contributed by atoms with E-state index in [2.05, 4.69) is 15.4 Å². The molecule has 0 aliphatic rings. The number of amides is 1. The molecule has 4 aromatic rings. The van der Waals surface area contributed by atoms with Crippen LogP contribution in [0.15, 0.2) is 59.8 Å². The van der Waals surface area contributed by atoms with Gasteiger partial charge in [-0.05, 0) is 38.1 Å². The van der Waals surface area contributed by atoms with Crippen LogP contribution in [0.4, 0.5) is 14.6 Å². The van der Waals surface area contributed by atoms with Crippen LogP contribution in [-0.4, -0.2) is 31.0 Å². The summed E-state index contributed by atoms with van der Waals surface area (Å²) in [4.78, 5) is 16.8. The zero-order valence-electron chi connectivity index (χ0n) is 16.3. The number of para-hydroxylation sites is 2. The van der Waals surface area contributed by atoms with Crippen molar-refractivity contribution in [2.75, 3.05) is 11.1 Å². The molecule has 0 aliphatic heterocycles. The van der Waals surface area contributed by atoms with Crippen LogP contribution < -0.4 is 5.32 Å². The Labute approximate surface area is 175 Å². The summed E-state index contributed by atoms with van der Waals surface area (Å²) in [5.74, 6) is 0.124. The molecule has 0 atom stereocenters. The minimum absolute atomic E-state index is 0.0613. The lowest BCUT2D eigenvalue weighted by atomic mass is 10.2. The number of nitrogens with one attached hydrogen (secondary N) is 1. The molecule has 0 saturated heterocycles. The van der Waals surface area contributed by atoms with E-state index < -0.39 is 6.55 Å². The van der Waals surface area contributed by atoms with Gasteiger partial charge in [0.05, 0.1) is 28.2 Å². The maximum Gasteiger partial charge on any atom is 0.321 e. The number of hydrogen-bond donors (Lipinski definition) is 1. The minimum atomic E-state index is -2.74. The lowest BCUT2D eigenvalue weighted by Crippen LogP contribution is -2.17. The number of carbonyl (C=O) groups excluding carboxylic acids is 1. The number of aryl methyl sites for hydroxylation is 2. The van der Waals surface area contributed by atoms with Gasteiger partial charge in [0.15, 0.2) is 5.16 Å². The van der Waals surface area contributed by atoms with Gasteiger partial charge in [-0.3, -0.25) is 9.36 Å². The fraction of sp³-hybridized carbons (Fsp3) is 0.190. The summed E-state index contributed by atoms with van der Waals surface area (Å²) in [6.07, 6.45) is 0. The molecule has 0 bridgehead atoms. The van der Waals surface area contributed by atoms with E-state index in [1.54, 1.807) is 35.0 Å². The molecule has 30 heavy (non-hydrogen) atoms. The van der Waals surface area contributed by atoms with Crippen LogP contribution in [0.5, 0.6) is 0 Å². The van der Waals surface area contributed by atoms with Crippen LogP contribution in [0.25, 0.3) is 16.7 Å². The number of carbonyl (C=O) groups is 1. The van der Waals surface area contributed by atoms with Gasteiger partial charge in [0.1, 0.15) is 5.82 Å². The smallest absolute Gasteiger partial charge is 0.310 e. The third-order valence-electron chi connectivity index (χ3n) is 4.47. The van der Waals surface area contributed by atoms with Crippen molar-refractivity contribution < 1.29 is 13.6 Å². The fourth-order valence-corrected chi connectivity index (χ4v) is 3.91. The first-order valence-corrected chi connectivity index (χ1v) is 10.2. The second-order valence-electron chi connectivity index (χ2n) is 6.79. The predicted octanol–water partition coefficient (Wildman–Crippen LogP) is 4.96. The molecule has 0 spiro atoms. The van der Waals surface area contributed by atoms with Crippen LogP contribution in [0, 0.1) is 13.8 Å². The number of nitrogens with zero attached hydrogens (tertiary/aromatic N) is 4. The van der Waals surface area contributed by atoms with Crippen LogP contribution in [0.2, 0.25) is 0 Å². The van der Waals surface area contributed by atoms with Crippen LogP contribution >= 0.6 is 11.8 Å². The molecule has 4 rings (SSSR count). The van der Waals surface area contributed by atoms with Crippen molar-refractivity contribution >= 4 is 34.5 Å². The van der Waals surface area contributed by atoms with Gasteiger partial charge in [-0.15, -0.1) is 0 Å². The Morgan fingerprint density at radius 2 is 1.87 bits per heavy atom. The first-order chi connectivity index (χ1) is 14.4. The van der Waals surface area contributed by atoms with E-state index in [1.807, 2.05) is 38.1 Å². The van der Waals surface area contributed by atoms with Gasteiger partial charge in [0.2, 0.25) is 5.91 Å². The summed E-state index contributed by atoms with van der Waals surface area (Å²) in [6.45, 7) is 1.08. The standard InChI is InChI=1S/C21H19F2N5OS/c1-13-7-9-15(10-8-13)28-18(11-14(2)26-28)25-19(29)12-30-21-24-16-5-3-4-6-17(16)27(21)20(22)23/h3-11,20H,12H2,1-2H3,(H,25,29). The molecule has 1 N–H and O–H groups in total. The van der Waals surface area contributed by atoms with E-state index in [9.17, 15) is 13.6 Å². The molecule has 0 unspecified atom stereocenters. The number of hydrogen-bond acceptors (Lipinski definition) is 4. The monoisotopic (exact) mass is 427 g/mol. The van der Waals surface area contributed by atoms with Gasteiger partial charge in [-0.2, -0.15) is 13.9 Å². The second kappa shape index (κ2) is 8.27. The molecule has 0 saturated carbocycles. The van der Waals surface area contributed by atoms with Gasteiger partial charge in [-0.1, -0.05) is 41.6 Å². The van der Waals surface area contributed by atoms with Gasteiger partial charge in [-0.25, -0.2) is 9.67 Å². The number of anilines is 1. The Morgan fingerprint density at radius 3 is 2.60 bits per heavy atom. The highest BCUT2D eigenvalue weighted by molar-refractivity contribution is 7.99. The highest BCUT2D eigenvalue weighted by Crippen LogP contribution is 2.29. The molecule has 9 heteroatoms. The van der Waals surface area contributed by atoms with E-state index in [4.69, 9.17) is 0 Å². The molecule has 0 radical (unpaired) electrons. The SMILES string of the molecule is Cc1ccc(-n2nc(C)cc2NC(=O)CSc2nc3ccccc3n2C(F)F)cc1. The summed E-state index contributed by atoms with van der Waals surface area (Å²) in [7, 11) is 0. The molecule has 2 aromatic heterocycles. The van der Waals surface area contributed by atoms with E-state index in [0.717, 1.165) is 33.3 Å². The average molecular weight is 427 g/mol. The Morgan fingerprint density at radius 1 is 1.13 bits per heavy atom. The van der Waals surface area contributed by atoms with Gasteiger partial charge in [0, 0.05) is 6.07 Å². The van der Waals surface area contributed by atoms with Crippen molar-refractivity contribution in [3.63, 3.8) is 0 Å². The summed E-state index contributed by atoms with van der Waals surface area (Å²) in [6, 6.07) is 16.2. The number of halogens is 2. The van der Waals surface area contributed by atoms with Crippen LogP contribution in [0.3, 0.4) is 0 Å². The van der Waals surface area contributed by atoms with Crippen LogP contribution in [0.1, 0.15) is 17.8 Å². The Balaban J connectivity index is 1.51. The van der Waals surface area contributed by atoms with Crippen molar-refractivity contribution in [1.29, 1.82) is 0 Å². The Hall–Kier alpha value is -3.20. The highest BCUT2D eigenvalue weighted by atomic mass is 32.2. The molecule has 2 aromatic carbocycles. The summed E-state index contributed by atoms with van der Waals surface area (Å²) < 4.78 is 29.5. The lowest BCUT2D eigenvalue weighted by Gasteiger charge is -2.10. The number of aromatic nitrogens is 4. The summed E-state index contributed by atoms with van der Waals surface area (Å²) in [5.41, 5.74) is 3.48. The molecule has 1 amide bonds. The van der Waals surface area contributed by atoms with E-state index in [1.165, 1.54) is 0 Å². The molecular weight excluding hydrogens is 408 g/mol. The summed E-state index contributed by atoms with van der Waals surface area (Å²) >= 11 is 0.969. The number of alkyl halides is 2. The Bertz CT molecular complexity index is 1200. The van der Waals surface area contributed by atoms with Crippen molar-refractivity contribution in [1.82, 2.24) is 19.3 Å². The summed E-state index contributed by atoms with van der Waals surface area (Å²) in [5, 5.41) is 7.34. The third kappa shape index (κ3) is 4.06. The molecule has 6 nitrogen and oxygen atoms in total. The van der Waals surface area contributed by atoms with Gasteiger partial charge < -0.3 is 5.32 Å². The van der Waals surface area contributed by atoms with Crippen molar-refractivity contribution in [3.8, 4) is 5.69 Å². The van der Waals surface area contributed by atoms with Gasteiger partial charge in [0.25, 0.3) is 0 Å². The lowest BCUT2D eigenvalue weighted by molar-refractivity contribution is -0.113. The maximum atomic E-state index is 13.5. The highest BCUT2D eigenvalue weighted by Gasteiger charge is 2.19. The quantitative estimate of drug-likeness (QED) is 0.442.